The predicted octanol–water partition coefficient (Wildman–Crippen LogP) is 6.19. The molecule has 1 saturated carbocycles. The fourth-order valence-electron chi connectivity index (χ4n) is 4.20. The second-order valence-corrected chi connectivity index (χ2v) is 8.88. The number of carbonyl (C=O) groups excluding carboxylic acids is 1. The minimum atomic E-state index is -4.54. The third kappa shape index (κ3) is 5.17. The predicted molar refractivity (Wildman–Crippen MR) is 130 cm³/mol. The Morgan fingerprint density at radius 3 is 2.50 bits per heavy atom. The molecule has 0 atom stereocenters. The molecule has 0 radical (unpaired) electrons. The number of nitrogens with zero attached hydrogens (tertiary/aromatic N) is 1. The van der Waals surface area contributed by atoms with Crippen molar-refractivity contribution in [3.63, 3.8) is 0 Å². The van der Waals surface area contributed by atoms with Crippen molar-refractivity contribution in [1.29, 1.82) is 0 Å². The van der Waals surface area contributed by atoms with Crippen molar-refractivity contribution in [3.05, 3.63) is 95.2 Å². The largest absolute Gasteiger partial charge is 0.496 e. The number of carbonyl (C=O) groups is 1. The summed E-state index contributed by atoms with van der Waals surface area (Å²) in [5, 5.41) is 3.80. The Bertz CT molecular complexity index is 1390. The van der Waals surface area contributed by atoms with Crippen LogP contribution in [0.1, 0.15) is 40.0 Å². The molecule has 5 nitrogen and oxygen atoms in total. The van der Waals surface area contributed by atoms with Gasteiger partial charge in [-0.05, 0) is 66.9 Å². The molecule has 1 aromatic heterocycles. The average Bonchev–Trinajstić information content (AvgIpc) is 3.62. The second kappa shape index (κ2) is 9.60. The molecule has 3 aromatic carbocycles. The molecule has 0 saturated heterocycles. The summed E-state index contributed by atoms with van der Waals surface area (Å²) in [5.41, 5.74) is 1.77. The number of halogens is 3. The maximum Gasteiger partial charge on any atom is 0.419 e. The van der Waals surface area contributed by atoms with E-state index in [9.17, 15) is 18.0 Å². The van der Waals surface area contributed by atoms with Crippen LogP contribution in [-0.4, -0.2) is 23.6 Å². The number of alkyl halides is 3. The Labute approximate surface area is 206 Å². The topological polar surface area (TPSA) is 52.5 Å². The first kappa shape index (κ1) is 23.8. The number of hydrogen-bond acceptors (Lipinski definition) is 3. The van der Waals surface area contributed by atoms with Gasteiger partial charge in [-0.15, -0.1) is 0 Å². The average molecular weight is 495 g/mol. The fourth-order valence-corrected chi connectivity index (χ4v) is 4.20. The summed E-state index contributed by atoms with van der Waals surface area (Å²) >= 11 is 0. The Balaban J connectivity index is 1.51. The summed E-state index contributed by atoms with van der Waals surface area (Å²) in [7, 11) is 1.22. The zero-order valence-corrected chi connectivity index (χ0v) is 19.6. The van der Waals surface area contributed by atoms with Gasteiger partial charge in [-0.2, -0.15) is 13.2 Å². The summed E-state index contributed by atoms with van der Waals surface area (Å²) in [6.45, 7) is 0.405. The number of benzene rings is 3. The first-order valence-corrected chi connectivity index (χ1v) is 11.7. The van der Waals surface area contributed by atoms with Gasteiger partial charge in [0, 0.05) is 29.1 Å². The van der Waals surface area contributed by atoms with Gasteiger partial charge >= 0.3 is 6.18 Å². The van der Waals surface area contributed by atoms with Gasteiger partial charge in [0.1, 0.15) is 18.1 Å². The van der Waals surface area contributed by atoms with Crippen molar-refractivity contribution in [3.8, 4) is 11.5 Å². The number of amides is 1. The van der Waals surface area contributed by atoms with E-state index >= 15 is 0 Å². The molecule has 1 aliphatic carbocycles. The highest BCUT2D eigenvalue weighted by atomic mass is 19.4. The molecule has 1 N–H and O–H groups in total. The van der Waals surface area contributed by atoms with Gasteiger partial charge in [-0.3, -0.25) is 4.79 Å². The van der Waals surface area contributed by atoms with Gasteiger partial charge in [-0.25, -0.2) is 0 Å². The number of fused-ring (bicyclic) bond motifs is 1. The maximum atomic E-state index is 13.6. The minimum absolute atomic E-state index is 0.126. The van der Waals surface area contributed by atoms with Crippen LogP contribution in [-0.2, 0) is 19.3 Å². The lowest BCUT2D eigenvalue weighted by Gasteiger charge is -2.16. The van der Waals surface area contributed by atoms with E-state index in [2.05, 4.69) is 5.32 Å². The van der Waals surface area contributed by atoms with E-state index < -0.39 is 11.7 Å². The van der Waals surface area contributed by atoms with Crippen molar-refractivity contribution in [2.45, 2.75) is 38.2 Å². The molecular formula is C28H25F3N2O3. The summed E-state index contributed by atoms with van der Waals surface area (Å²) in [4.78, 5) is 12.6. The van der Waals surface area contributed by atoms with E-state index in [1.807, 2.05) is 53.1 Å². The zero-order valence-electron chi connectivity index (χ0n) is 19.6. The lowest BCUT2D eigenvalue weighted by atomic mass is 10.1. The van der Waals surface area contributed by atoms with Crippen LogP contribution in [0.25, 0.3) is 10.9 Å². The van der Waals surface area contributed by atoms with Gasteiger partial charge in [0.25, 0.3) is 5.91 Å². The molecule has 1 aliphatic rings. The van der Waals surface area contributed by atoms with Gasteiger partial charge < -0.3 is 19.4 Å². The van der Waals surface area contributed by atoms with Crippen LogP contribution in [0.5, 0.6) is 11.5 Å². The van der Waals surface area contributed by atoms with E-state index in [1.165, 1.54) is 13.2 Å². The number of para-hydroxylation sites is 1. The molecule has 0 aliphatic heterocycles. The van der Waals surface area contributed by atoms with Crippen molar-refractivity contribution < 1.29 is 27.4 Å². The number of ether oxygens (including phenoxy) is 2. The highest BCUT2D eigenvalue weighted by Gasteiger charge is 2.34. The van der Waals surface area contributed by atoms with Crippen LogP contribution in [0.4, 0.5) is 13.2 Å². The van der Waals surface area contributed by atoms with E-state index in [1.54, 1.807) is 12.1 Å². The lowest BCUT2D eigenvalue weighted by molar-refractivity contribution is -0.138. The Morgan fingerprint density at radius 1 is 1.03 bits per heavy atom. The van der Waals surface area contributed by atoms with E-state index in [-0.39, 0.29) is 30.9 Å². The van der Waals surface area contributed by atoms with E-state index in [0.717, 1.165) is 35.5 Å². The molecule has 4 aromatic rings. The smallest absolute Gasteiger partial charge is 0.419 e. The molecule has 0 unspecified atom stereocenters. The molecule has 8 heteroatoms. The van der Waals surface area contributed by atoms with Crippen molar-refractivity contribution >= 4 is 16.8 Å². The first-order chi connectivity index (χ1) is 17.3. The monoisotopic (exact) mass is 494 g/mol. The van der Waals surface area contributed by atoms with Gasteiger partial charge in [0.05, 0.1) is 18.4 Å². The summed E-state index contributed by atoms with van der Waals surface area (Å²) in [5.74, 6) is 0.337. The summed E-state index contributed by atoms with van der Waals surface area (Å²) < 4.78 is 53.6. The molecule has 1 heterocycles. The minimum Gasteiger partial charge on any atom is -0.496 e. The van der Waals surface area contributed by atoms with E-state index in [4.69, 9.17) is 9.47 Å². The molecule has 5 rings (SSSR count). The van der Waals surface area contributed by atoms with Crippen LogP contribution in [0, 0.1) is 0 Å². The normalized spacial score (nSPS) is 13.6. The first-order valence-electron chi connectivity index (χ1n) is 11.7. The van der Waals surface area contributed by atoms with Crippen LogP contribution in [0.3, 0.4) is 0 Å². The summed E-state index contributed by atoms with van der Waals surface area (Å²) in [6.07, 6.45) is -2.55. The van der Waals surface area contributed by atoms with Gasteiger partial charge in [0.15, 0.2) is 0 Å². The third-order valence-corrected chi connectivity index (χ3v) is 6.20. The van der Waals surface area contributed by atoms with Crippen LogP contribution in [0.15, 0.2) is 72.8 Å². The fraction of sp³-hybridized carbons (Fsp3) is 0.250. The SMILES string of the molecule is COc1ccc(Cn2c(COc3ccccc3)cc3cc(C(=O)NC4CC4)ccc32)cc1C(F)(F)F. The zero-order chi connectivity index (χ0) is 25.3. The quantitative estimate of drug-likeness (QED) is 0.318. The molecule has 36 heavy (non-hydrogen) atoms. The van der Waals surface area contributed by atoms with Crippen molar-refractivity contribution in [1.82, 2.24) is 9.88 Å². The standard InChI is InChI=1S/C28H25F3N2O3/c1-35-26-12-7-18(13-24(26)28(29,30)31)16-33-22(17-36-23-5-3-2-4-6-23)15-20-14-19(8-11-25(20)33)27(34)32-21-9-10-21/h2-8,11-15,21H,9-10,16-17H2,1H3,(H,32,34). The molecule has 0 bridgehead atoms. The Kier molecular flexibility index (Phi) is 6.35. The van der Waals surface area contributed by atoms with Crippen molar-refractivity contribution in [2.75, 3.05) is 7.11 Å². The second-order valence-electron chi connectivity index (χ2n) is 8.88. The molecule has 1 fully saturated rings. The number of methoxy groups -OCH3 is 1. The van der Waals surface area contributed by atoms with Crippen molar-refractivity contribution in [2.24, 2.45) is 0 Å². The number of rotatable bonds is 8. The molecule has 186 valence electrons. The van der Waals surface area contributed by atoms with Gasteiger partial charge in [-0.1, -0.05) is 24.3 Å². The molecule has 1 amide bonds. The number of hydrogen-bond donors (Lipinski definition) is 1. The lowest BCUT2D eigenvalue weighted by Crippen LogP contribution is -2.25. The Hall–Kier alpha value is -3.94. The van der Waals surface area contributed by atoms with Gasteiger partial charge in [0.2, 0.25) is 0 Å². The van der Waals surface area contributed by atoms with Crippen LogP contribution >= 0.6 is 0 Å². The van der Waals surface area contributed by atoms with E-state index in [0.29, 0.717) is 16.9 Å². The highest BCUT2D eigenvalue weighted by molar-refractivity contribution is 5.98. The highest BCUT2D eigenvalue weighted by Crippen LogP contribution is 2.37. The molecular weight excluding hydrogens is 469 g/mol. The summed E-state index contributed by atoms with van der Waals surface area (Å²) in [6, 6.07) is 20.9. The Morgan fingerprint density at radius 2 is 1.81 bits per heavy atom. The number of nitrogens with one attached hydrogen (secondary N) is 1. The van der Waals surface area contributed by atoms with Crippen LogP contribution in [0.2, 0.25) is 0 Å². The number of aromatic nitrogens is 1. The van der Waals surface area contributed by atoms with Crippen LogP contribution < -0.4 is 14.8 Å². The molecule has 0 spiro atoms. The third-order valence-electron chi connectivity index (χ3n) is 6.20. The maximum absolute atomic E-state index is 13.6.